The van der Waals surface area contributed by atoms with Gasteiger partial charge >= 0.3 is 5.97 Å². The van der Waals surface area contributed by atoms with Crippen LogP contribution in [0.15, 0.2) is 72.8 Å². The summed E-state index contributed by atoms with van der Waals surface area (Å²) in [5, 5.41) is 12.7. The summed E-state index contributed by atoms with van der Waals surface area (Å²) in [6, 6.07) is 23.0. The van der Waals surface area contributed by atoms with Crippen LogP contribution in [0.3, 0.4) is 0 Å². The number of nitrogens with zero attached hydrogens (tertiary/aromatic N) is 4. The lowest BCUT2D eigenvalue weighted by atomic mass is 10.1. The second-order valence-corrected chi connectivity index (χ2v) is 7.15. The van der Waals surface area contributed by atoms with Crippen molar-refractivity contribution < 1.29 is 9.53 Å². The van der Waals surface area contributed by atoms with Gasteiger partial charge in [-0.1, -0.05) is 60.7 Å². The number of esters is 1. The Labute approximate surface area is 175 Å². The summed E-state index contributed by atoms with van der Waals surface area (Å²) in [4.78, 5) is 13.9. The Hall–Kier alpha value is -3.80. The van der Waals surface area contributed by atoms with Gasteiger partial charge in [0.1, 0.15) is 6.61 Å². The maximum absolute atomic E-state index is 12.3. The Bertz CT molecular complexity index is 1170. The zero-order valence-electron chi connectivity index (χ0n) is 16.9. The summed E-state index contributed by atoms with van der Waals surface area (Å²) in [6.45, 7) is 4.87. The fraction of sp³-hybridized carbons (Fsp3) is 0.167. The van der Waals surface area contributed by atoms with E-state index in [1.807, 2.05) is 43.3 Å². The Morgan fingerprint density at radius 1 is 0.867 bits per heavy atom. The van der Waals surface area contributed by atoms with Crippen molar-refractivity contribution in [3.05, 3.63) is 101 Å². The predicted molar refractivity (Wildman–Crippen MR) is 114 cm³/mol. The van der Waals surface area contributed by atoms with Crippen molar-refractivity contribution in [2.24, 2.45) is 0 Å². The van der Waals surface area contributed by atoms with Crippen LogP contribution in [0.25, 0.3) is 11.4 Å². The first kappa shape index (κ1) is 19.5. The smallest absolute Gasteiger partial charge is 0.338 e. The summed E-state index contributed by atoms with van der Waals surface area (Å²) in [5.41, 5.74) is 5.71. The molecule has 6 heteroatoms. The average molecular weight is 398 g/mol. The van der Waals surface area contributed by atoms with E-state index in [2.05, 4.69) is 34.5 Å². The van der Waals surface area contributed by atoms with Crippen molar-refractivity contribution in [2.75, 3.05) is 0 Å². The summed E-state index contributed by atoms with van der Waals surface area (Å²) < 4.78 is 5.44. The van der Waals surface area contributed by atoms with E-state index in [4.69, 9.17) is 4.74 Å². The van der Waals surface area contributed by atoms with Gasteiger partial charge in [-0.05, 0) is 53.4 Å². The minimum Gasteiger partial charge on any atom is -0.457 e. The molecule has 0 saturated carbocycles. The van der Waals surface area contributed by atoms with Gasteiger partial charge in [0.25, 0.3) is 0 Å². The SMILES string of the molecule is Cc1ccccc1COC(=O)c1ccc(-c2nnn(Cc3ccccc3C)n2)cc1. The highest BCUT2D eigenvalue weighted by Crippen LogP contribution is 2.17. The van der Waals surface area contributed by atoms with Gasteiger partial charge in [0.15, 0.2) is 0 Å². The molecule has 4 aromatic rings. The van der Waals surface area contributed by atoms with Crippen molar-refractivity contribution >= 4 is 5.97 Å². The molecule has 0 amide bonds. The third-order valence-corrected chi connectivity index (χ3v) is 5.02. The molecular formula is C24H22N4O2. The van der Waals surface area contributed by atoms with Gasteiger partial charge in [-0.3, -0.25) is 0 Å². The number of aryl methyl sites for hydroxylation is 2. The molecular weight excluding hydrogens is 376 g/mol. The molecule has 0 spiro atoms. The number of hydrogen-bond donors (Lipinski definition) is 0. The lowest BCUT2D eigenvalue weighted by Gasteiger charge is -2.07. The van der Waals surface area contributed by atoms with Crippen molar-refractivity contribution in [1.82, 2.24) is 20.2 Å². The van der Waals surface area contributed by atoms with E-state index in [1.54, 1.807) is 29.1 Å². The Morgan fingerprint density at radius 3 is 2.17 bits per heavy atom. The van der Waals surface area contributed by atoms with Crippen molar-refractivity contribution in [3.63, 3.8) is 0 Å². The molecule has 1 aromatic heterocycles. The molecule has 0 atom stereocenters. The molecule has 0 unspecified atom stereocenters. The highest BCUT2D eigenvalue weighted by molar-refractivity contribution is 5.89. The topological polar surface area (TPSA) is 69.9 Å². The van der Waals surface area contributed by atoms with Crippen LogP contribution < -0.4 is 0 Å². The fourth-order valence-corrected chi connectivity index (χ4v) is 3.12. The molecule has 6 nitrogen and oxygen atoms in total. The minimum absolute atomic E-state index is 0.252. The number of ether oxygens (including phenoxy) is 1. The Kier molecular flexibility index (Phi) is 5.66. The highest BCUT2D eigenvalue weighted by atomic mass is 16.5. The highest BCUT2D eigenvalue weighted by Gasteiger charge is 2.11. The van der Waals surface area contributed by atoms with Gasteiger partial charge in [-0.25, -0.2) is 4.79 Å². The van der Waals surface area contributed by atoms with E-state index in [-0.39, 0.29) is 12.6 Å². The number of carbonyl (C=O) groups is 1. The summed E-state index contributed by atoms with van der Waals surface area (Å²) in [6.07, 6.45) is 0. The molecule has 30 heavy (non-hydrogen) atoms. The third kappa shape index (κ3) is 4.43. The number of benzene rings is 3. The van der Waals surface area contributed by atoms with Gasteiger partial charge in [-0.2, -0.15) is 4.80 Å². The van der Waals surface area contributed by atoms with Gasteiger partial charge in [0.05, 0.1) is 12.1 Å². The second kappa shape index (κ2) is 8.69. The number of tetrazole rings is 1. The van der Waals surface area contributed by atoms with E-state index in [9.17, 15) is 4.79 Å². The van der Waals surface area contributed by atoms with Gasteiger partial charge < -0.3 is 4.74 Å². The standard InChI is InChI=1S/C24H22N4O2/c1-17-7-3-5-9-21(17)15-28-26-23(25-27-28)19-11-13-20(14-12-19)24(29)30-16-22-10-6-4-8-18(22)2/h3-14H,15-16H2,1-2H3. The Balaban J connectivity index is 1.41. The predicted octanol–water partition coefficient (Wildman–Crippen LogP) is 4.36. The molecule has 0 aliphatic rings. The van der Waals surface area contributed by atoms with E-state index in [1.165, 1.54) is 5.56 Å². The lowest BCUT2D eigenvalue weighted by Crippen LogP contribution is -2.06. The lowest BCUT2D eigenvalue weighted by molar-refractivity contribution is 0.0472. The molecule has 4 rings (SSSR count). The monoisotopic (exact) mass is 398 g/mol. The van der Waals surface area contributed by atoms with Gasteiger partial charge in [0, 0.05) is 5.56 Å². The van der Waals surface area contributed by atoms with Crippen LogP contribution in [0.4, 0.5) is 0 Å². The van der Waals surface area contributed by atoms with Crippen molar-refractivity contribution in [3.8, 4) is 11.4 Å². The second-order valence-electron chi connectivity index (χ2n) is 7.15. The molecule has 1 heterocycles. The van der Waals surface area contributed by atoms with Crippen LogP contribution in [0.2, 0.25) is 0 Å². The van der Waals surface area contributed by atoms with E-state index in [0.29, 0.717) is 17.9 Å². The van der Waals surface area contributed by atoms with E-state index in [0.717, 1.165) is 22.3 Å². The number of rotatable bonds is 6. The first-order chi connectivity index (χ1) is 14.6. The van der Waals surface area contributed by atoms with Crippen molar-refractivity contribution in [2.45, 2.75) is 27.0 Å². The Morgan fingerprint density at radius 2 is 1.50 bits per heavy atom. The number of hydrogen-bond acceptors (Lipinski definition) is 5. The van der Waals surface area contributed by atoms with Crippen LogP contribution in [-0.4, -0.2) is 26.2 Å². The van der Waals surface area contributed by atoms with Gasteiger partial charge in [0.2, 0.25) is 5.82 Å². The third-order valence-electron chi connectivity index (χ3n) is 5.02. The van der Waals surface area contributed by atoms with Crippen LogP contribution in [-0.2, 0) is 17.9 Å². The zero-order valence-corrected chi connectivity index (χ0v) is 16.9. The zero-order chi connectivity index (χ0) is 20.9. The maximum Gasteiger partial charge on any atom is 0.338 e. The average Bonchev–Trinajstić information content (AvgIpc) is 3.23. The molecule has 0 bridgehead atoms. The van der Waals surface area contributed by atoms with Crippen LogP contribution in [0.5, 0.6) is 0 Å². The van der Waals surface area contributed by atoms with Crippen molar-refractivity contribution in [1.29, 1.82) is 0 Å². The molecule has 150 valence electrons. The molecule has 0 aliphatic heterocycles. The fourth-order valence-electron chi connectivity index (χ4n) is 3.12. The largest absolute Gasteiger partial charge is 0.457 e. The summed E-state index contributed by atoms with van der Waals surface area (Å²) in [7, 11) is 0. The quantitative estimate of drug-likeness (QED) is 0.451. The molecule has 0 saturated heterocycles. The minimum atomic E-state index is -0.360. The van der Waals surface area contributed by atoms with E-state index < -0.39 is 0 Å². The van der Waals surface area contributed by atoms with Crippen LogP contribution in [0, 0.1) is 13.8 Å². The van der Waals surface area contributed by atoms with E-state index >= 15 is 0 Å². The molecule has 3 aromatic carbocycles. The number of carbonyl (C=O) groups excluding carboxylic acids is 1. The molecule has 0 aliphatic carbocycles. The molecule has 0 radical (unpaired) electrons. The van der Waals surface area contributed by atoms with Crippen LogP contribution >= 0.6 is 0 Å². The van der Waals surface area contributed by atoms with Gasteiger partial charge in [-0.15, -0.1) is 10.2 Å². The first-order valence-electron chi connectivity index (χ1n) is 9.74. The summed E-state index contributed by atoms with van der Waals surface area (Å²) >= 11 is 0. The maximum atomic E-state index is 12.3. The summed E-state index contributed by atoms with van der Waals surface area (Å²) in [5.74, 6) is 0.157. The molecule has 0 N–H and O–H groups in total. The normalized spacial score (nSPS) is 10.7. The number of aromatic nitrogens is 4. The first-order valence-corrected chi connectivity index (χ1v) is 9.74. The molecule has 0 fully saturated rings. The van der Waals surface area contributed by atoms with Crippen LogP contribution in [0.1, 0.15) is 32.6 Å².